The van der Waals surface area contributed by atoms with Gasteiger partial charge in [-0.1, -0.05) is 82.4 Å². The lowest BCUT2D eigenvalue weighted by Crippen LogP contribution is -2.53. The van der Waals surface area contributed by atoms with Crippen molar-refractivity contribution in [2.24, 2.45) is 39.9 Å². The van der Waals surface area contributed by atoms with Crippen molar-refractivity contribution < 1.29 is 24.2 Å². The average Bonchev–Trinajstić information content (AvgIpc) is 3.03. The van der Waals surface area contributed by atoms with Crippen LogP contribution in [0, 0.1) is 39.9 Å². The molecule has 0 amide bonds. The number of fused-ring (bicyclic) bond motifs is 4. The minimum absolute atomic E-state index is 0.0361. The van der Waals surface area contributed by atoms with E-state index in [0.717, 1.165) is 89.9 Å². The highest BCUT2D eigenvalue weighted by molar-refractivity contribution is 5.77. The lowest BCUT2D eigenvalue weighted by atomic mass is 9.48. The van der Waals surface area contributed by atoms with Gasteiger partial charge in [0.05, 0.1) is 24.5 Å². The number of hydrogen-bond donors (Lipinski definition) is 1. The first-order valence-electron chi connectivity index (χ1n) is 20.0. The molecule has 0 aliphatic heterocycles. The van der Waals surface area contributed by atoms with Gasteiger partial charge in [-0.05, 0) is 137 Å². The van der Waals surface area contributed by atoms with Crippen LogP contribution >= 0.6 is 0 Å². The molecule has 0 saturated heterocycles. The Morgan fingerprint density at radius 1 is 0.755 bits per heavy atom. The van der Waals surface area contributed by atoms with Crippen LogP contribution in [-0.2, 0) is 19.1 Å². The van der Waals surface area contributed by atoms with Crippen molar-refractivity contribution in [1.82, 2.24) is 0 Å². The molecule has 0 spiro atoms. The molecule has 5 heteroatoms. The predicted octanol–water partition coefficient (Wildman–Crippen LogP) is 10.5. The van der Waals surface area contributed by atoms with E-state index in [0.29, 0.717) is 17.8 Å². The lowest BCUT2D eigenvalue weighted by molar-refractivity contribution is -0.179. The second-order valence-electron chi connectivity index (χ2n) is 18.5. The molecule has 0 bridgehead atoms. The highest BCUT2D eigenvalue weighted by Gasteiger charge is 2.57. The normalized spacial score (nSPS) is 36.6. The summed E-state index contributed by atoms with van der Waals surface area (Å²) in [5.74, 6) is 1.27. The number of allylic oxidation sites excluding steroid dienone is 8. The topological polar surface area (TPSA) is 72.8 Å². The largest absolute Gasteiger partial charge is 0.465 e. The SMILES string of the molecule is CC(C)C1=CC2=C(CC1)C1(C)CCCC(C)(OC(=O)CC(O)CCOC(=O)C3(C)CCCC4(C)C5=C(C=C(C(C)C)CC5)CCC34)C1CC2. The maximum atomic E-state index is 13.8. The summed E-state index contributed by atoms with van der Waals surface area (Å²) in [5.41, 5.74) is 8.43. The first kappa shape index (κ1) is 36.6. The summed E-state index contributed by atoms with van der Waals surface area (Å²) >= 11 is 0. The van der Waals surface area contributed by atoms with Gasteiger partial charge in [0.1, 0.15) is 5.60 Å². The maximum Gasteiger partial charge on any atom is 0.312 e. The summed E-state index contributed by atoms with van der Waals surface area (Å²) in [5, 5.41) is 10.9. The van der Waals surface area contributed by atoms with Crippen molar-refractivity contribution >= 4 is 11.9 Å². The monoisotopic (exact) mass is 674 g/mol. The fourth-order valence-corrected chi connectivity index (χ4v) is 12.0. The fourth-order valence-electron chi connectivity index (χ4n) is 12.0. The fraction of sp³-hybridized carbons (Fsp3) is 0.773. The summed E-state index contributed by atoms with van der Waals surface area (Å²) in [6, 6.07) is 0. The minimum Gasteiger partial charge on any atom is -0.465 e. The maximum absolute atomic E-state index is 13.8. The molecule has 0 heterocycles. The molecule has 2 fully saturated rings. The van der Waals surface area contributed by atoms with E-state index in [1.165, 1.54) is 11.1 Å². The molecule has 7 atom stereocenters. The first-order valence-corrected chi connectivity index (χ1v) is 20.0. The van der Waals surface area contributed by atoms with Crippen LogP contribution in [0.15, 0.2) is 45.6 Å². The average molecular weight is 675 g/mol. The van der Waals surface area contributed by atoms with E-state index < -0.39 is 17.1 Å². The van der Waals surface area contributed by atoms with Crippen molar-refractivity contribution in [3.63, 3.8) is 0 Å². The van der Waals surface area contributed by atoms with Gasteiger partial charge in [0, 0.05) is 12.3 Å². The van der Waals surface area contributed by atoms with Crippen LogP contribution in [0.4, 0.5) is 0 Å². The van der Waals surface area contributed by atoms with Crippen LogP contribution in [0.5, 0.6) is 0 Å². The molecule has 2 saturated carbocycles. The number of hydrogen-bond acceptors (Lipinski definition) is 5. The van der Waals surface area contributed by atoms with Crippen LogP contribution < -0.4 is 0 Å². The van der Waals surface area contributed by atoms with Gasteiger partial charge < -0.3 is 14.6 Å². The zero-order valence-corrected chi connectivity index (χ0v) is 32.1. The van der Waals surface area contributed by atoms with Gasteiger partial charge in [-0.15, -0.1) is 0 Å². The third kappa shape index (κ3) is 6.69. The Kier molecular flexibility index (Phi) is 10.3. The smallest absolute Gasteiger partial charge is 0.312 e. The van der Waals surface area contributed by atoms with Crippen LogP contribution in [-0.4, -0.2) is 35.4 Å². The Morgan fingerprint density at radius 3 is 1.86 bits per heavy atom. The molecule has 272 valence electrons. The van der Waals surface area contributed by atoms with E-state index in [9.17, 15) is 14.7 Å². The second kappa shape index (κ2) is 13.8. The van der Waals surface area contributed by atoms with E-state index in [-0.39, 0.29) is 48.1 Å². The van der Waals surface area contributed by atoms with E-state index in [1.807, 2.05) is 0 Å². The van der Waals surface area contributed by atoms with E-state index >= 15 is 0 Å². The van der Waals surface area contributed by atoms with Gasteiger partial charge in [0.15, 0.2) is 0 Å². The molecule has 7 unspecified atom stereocenters. The van der Waals surface area contributed by atoms with Crippen molar-refractivity contribution in [1.29, 1.82) is 0 Å². The summed E-state index contributed by atoms with van der Waals surface area (Å²) in [4.78, 5) is 27.2. The summed E-state index contributed by atoms with van der Waals surface area (Å²) in [6.07, 6.45) is 19.0. The number of esters is 2. The van der Waals surface area contributed by atoms with Gasteiger partial charge in [0.25, 0.3) is 0 Å². The second-order valence-corrected chi connectivity index (χ2v) is 18.5. The predicted molar refractivity (Wildman–Crippen MR) is 197 cm³/mol. The number of carbonyl (C=O) groups is 2. The molecule has 1 N–H and O–H groups in total. The molecule has 6 aliphatic rings. The van der Waals surface area contributed by atoms with Gasteiger partial charge in [-0.2, -0.15) is 0 Å². The molecule has 0 aromatic rings. The zero-order valence-electron chi connectivity index (χ0n) is 32.1. The Morgan fingerprint density at radius 2 is 1.29 bits per heavy atom. The Labute approximate surface area is 297 Å². The Bertz CT molecular complexity index is 1440. The molecule has 0 aromatic carbocycles. The minimum atomic E-state index is -0.895. The van der Waals surface area contributed by atoms with Crippen molar-refractivity contribution in [3.05, 3.63) is 45.6 Å². The lowest BCUT2D eigenvalue weighted by Gasteiger charge is -2.56. The third-order valence-corrected chi connectivity index (χ3v) is 14.8. The Balaban J connectivity index is 1.03. The van der Waals surface area contributed by atoms with Gasteiger partial charge in [-0.3, -0.25) is 9.59 Å². The van der Waals surface area contributed by atoms with E-state index in [1.54, 1.807) is 22.3 Å². The van der Waals surface area contributed by atoms with Crippen LogP contribution in [0.1, 0.15) is 158 Å². The zero-order chi connectivity index (χ0) is 35.4. The van der Waals surface area contributed by atoms with Crippen LogP contribution in [0.25, 0.3) is 0 Å². The highest BCUT2D eigenvalue weighted by atomic mass is 16.6. The molecule has 6 aliphatic carbocycles. The first-order chi connectivity index (χ1) is 23.1. The third-order valence-electron chi connectivity index (χ3n) is 14.8. The summed E-state index contributed by atoms with van der Waals surface area (Å²) < 4.78 is 12.3. The molecule has 49 heavy (non-hydrogen) atoms. The summed E-state index contributed by atoms with van der Waals surface area (Å²) in [7, 11) is 0. The number of rotatable bonds is 9. The van der Waals surface area contributed by atoms with Crippen LogP contribution in [0.3, 0.4) is 0 Å². The number of aliphatic hydroxyl groups excluding tert-OH is 1. The summed E-state index contributed by atoms with van der Waals surface area (Å²) in [6.45, 7) is 18.4. The molecule has 0 aromatic heterocycles. The molecule has 5 nitrogen and oxygen atoms in total. The molecule has 0 radical (unpaired) electrons. The number of aliphatic hydroxyl groups is 1. The van der Waals surface area contributed by atoms with Gasteiger partial charge in [-0.25, -0.2) is 0 Å². The molecule has 6 rings (SSSR count). The van der Waals surface area contributed by atoms with Crippen molar-refractivity contribution in [3.8, 4) is 0 Å². The standard InChI is InChI=1S/C44H66O5/c1-28(2)30-11-15-35-32(25-30)13-17-37-41(35,5)20-9-22-43(37,7)40(47)48-24-19-34(45)27-39(46)49-44(8)23-10-21-42(6)36-16-12-31(29(3)4)26-33(36)14-18-38(42)44/h25-26,28-29,34,37-38,45H,9-24,27H2,1-8H3. The molecular weight excluding hydrogens is 608 g/mol. The number of ether oxygens (including phenoxy) is 2. The van der Waals surface area contributed by atoms with Crippen LogP contribution in [0.2, 0.25) is 0 Å². The van der Waals surface area contributed by atoms with Crippen molar-refractivity contribution in [2.45, 2.75) is 170 Å². The van der Waals surface area contributed by atoms with Crippen molar-refractivity contribution in [2.75, 3.05) is 6.61 Å². The highest BCUT2D eigenvalue weighted by Crippen LogP contribution is 2.62. The van der Waals surface area contributed by atoms with Gasteiger partial charge in [0.2, 0.25) is 0 Å². The number of carbonyl (C=O) groups excluding carboxylic acids is 2. The quantitative estimate of drug-likeness (QED) is 0.246. The van der Waals surface area contributed by atoms with E-state index in [2.05, 4.69) is 67.5 Å². The Hall–Kier alpha value is -2.14. The van der Waals surface area contributed by atoms with E-state index in [4.69, 9.17) is 9.47 Å². The molecular formula is C44H66O5. The van der Waals surface area contributed by atoms with Gasteiger partial charge >= 0.3 is 11.9 Å².